The smallest absolute Gasteiger partial charge is 0.407 e. The van der Waals surface area contributed by atoms with E-state index < -0.39 is 11.7 Å². The number of amides is 1. The van der Waals surface area contributed by atoms with Crippen LogP contribution in [0.25, 0.3) is 0 Å². The lowest BCUT2D eigenvalue weighted by Crippen LogP contribution is -2.45. The van der Waals surface area contributed by atoms with Crippen LogP contribution in [0.15, 0.2) is 4.99 Å². The van der Waals surface area contributed by atoms with Gasteiger partial charge in [0.25, 0.3) is 0 Å². The Balaban J connectivity index is 4.56. The predicted octanol–water partition coefficient (Wildman–Crippen LogP) is 2.52. The molecule has 0 bridgehead atoms. The molecule has 1 unspecified atom stereocenters. The highest BCUT2D eigenvalue weighted by Crippen LogP contribution is 2.09. The molecule has 0 fully saturated rings. The summed E-state index contributed by atoms with van der Waals surface area (Å²) >= 11 is 0. The average Bonchev–Trinajstić information content (AvgIpc) is 2.48. The summed E-state index contributed by atoms with van der Waals surface area (Å²) in [6, 6.07) is -0.0891. The van der Waals surface area contributed by atoms with Crippen LogP contribution in [0.4, 0.5) is 4.79 Å². The maximum absolute atomic E-state index is 12.0. The Bertz CT molecular complexity index is 392. The number of guanidine groups is 1. The largest absolute Gasteiger partial charge is 0.444 e. The van der Waals surface area contributed by atoms with Crippen LogP contribution in [0.1, 0.15) is 54.9 Å². The standard InChI is InChI=1S/C18H38N4O3/c1-8-19-16(20-11-10-12-24-9-2)21-13-15(14(3)4)22-17(23)25-18(5,6)7/h14-15H,8-13H2,1-7H3,(H,22,23)(H2,19,20,21). The van der Waals surface area contributed by atoms with Gasteiger partial charge in [0, 0.05) is 26.3 Å². The van der Waals surface area contributed by atoms with Crippen molar-refractivity contribution in [3.63, 3.8) is 0 Å². The first-order valence-electron chi connectivity index (χ1n) is 9.29. The first kappa shape index (κ1) is 23.5. The highest BCUT2D eigenvalue weighted by Gasteiger charge is 2.21. The maximum atomic E-state index is 12.0. The highest BCUT2D eigenvalue weighted by atomic mass is 16.6. The van der Waals surface area contributed by atoms with Gasteiger partial charge in [0.05, 0.1) is 12.6 Å². The molecule has 7 heteroatoms. The number of ether oxygens (including phenoxy) is 2. The molecule has 0 rings (SSSR count). The highest BCUT2D eigenvalue weighted by molar-refractivity contribution is 5.79. The number of carbonyl (C=O) groups excluding carboxylic acids is 1. The second-order valence-electron chi connectivity index (χ2n) is 7.19. The van der Waals surface area contributed by atoms with Gasteiger partial charge in [-0.25, -0.2) is 4.79 Å². The summed E-state index contributed by atoms with van der Waals surface area (Å²) in [5.74, 6) is 0.993. The van der Waals surface area contributed by atoms with Gasteiger partial charge in [0.15, 0.2) is 5.96 Å². The topological polar surface area (TPSA) is 84.0 Å². The van der Waals surface area contributed by atoms with Gasteiger partial charge in [-0.1, -0.05) is 13.8 Å². The summed E-state index contributed by atoms with van der Waals surface area (Å²) in [5.41, 5.74) is -0.508. The van der Waals surface area contributed by atoms with E-state index in [9.17, 15) is 4.79 Å². The number of nitrogens with one attached hydrogen (secondary N) is 3. The molecule has 3 N–H and O–H groups in total. The van der Waals surface area contributed by atoms with Gasteiger partial charge in [0.1, 0.15) is 5.60 Å². The Hall–Kier alpha value is -1.50. The van der Waals surface area contributed by atoms with E-state index in [4.69, 9.17) is 9.47 Å². The van der Waals surface area contributed by atoms with E-state index in [0.29, 0.717) is 6.54 Å². The van der Waals surface area contributed by atoms with Crippen LogP contribution in [0.5, 0.6) is 0 Å². The fourth-order valence-electron chi connectivity index (χ4n) is 1.94. The summed E-state index contributed by atoms with van der Waals surface area (Å²) < 4.78 is 10.7. The molecule has 0 saturated heterocycles. The average molecular weight is 359 g/mol. The van der Waals surface area contributed by atoms with Crippen LogP contribution < -0.4 is 16.0 Å². The minimum Gasteiger partial charge on any atom is -0.444 e. The number of aliphatic imine (C=N–C) groups is 1. The minimum absolute atomic E-state index is 0.0891. The van der Waals surface area contributed by atoms with Gasteiger partial charge in [-0.2, -0.15) is 0 Å². The second-order valence-corrected chi connectivity index (χ2v) is 7.19. The molecule has 1 amide bonds. The van der Waals surface area contributed by atoms with Crippen LogP contribution >= 0.6 is 0 Å². The van der Waals surface area contributed by atoms with Crippen molar-refractivity contribution in [1.82, 2.24) is 16.0 Å². The van der Waals surface area contributed by atoms with Crippen LogP contribution in [0.3, 0.4) is 0 Å². The molecule has 0 heterocycles. The summed E-state index contributed by atoms with van der Waals surface area (Å²) in [5, 5.41) is 9.40. The second kappa shape index (κ2) is 12.8. The van der Waals surface area contributed by atoms with E-state index in [-0.39, 0.29) is 12.0 Å². The van der Waals surface area contributed by atoms with E-state index in [2.05, 4.69) is 34.8 Å². The lowest BCUT2D eigenvalue weighted by atomic mass is 10.1. The Labute approximate surface area is 153 Å². The maximum Gasteiger partial charge on any atom is 0.407 e. The zero-order chi connectivity index (χ0) is 19.3. The van der Waals surface area contributed by atoms with Gasteiger partial charge in [0.2, 0.25) is 0 Å². The molecular formula is C18H38N4O3. The molecule has 0 aromatic carbocycles. The van der Waals surface area contributed by atoms with Crippen molar-refractivity contribution in [2.45, 2.75) is 66.5 Å². The third-order valence-electron chi connectivity index (χ3n) is 3.26. The number of rotatable bonds is 10. The summed E-state index contributed by atoms with van der Waals surface area (Å²) in [6.07, 6.45) is 0.512. The number of nitrogens with zero attached hydrogens (tertiary/aromatic N) is 1. The molecule has 0 aromatic rings. The zero-order valence-electron chi connectivity index (χ0n) is 17.1. The zero-order valence-corrected chi connectivity index (χ0v) is 17.1. The molecular weight excluding hydrogens is 320 g/mol. The molecule has 0 radical (unpaired) electrons. The fourth-order valence-corrected chi connectivity index (χ4v) is 1.94. The Morgan fingerprint density at radius 2 is 1.84 bits per heavy atom. The lowest BCUT2D eigenvalue weighted by Gasteiger charge is -2.25. The van der Waals surface area contributed by atoms with E-state index in [1.165, 1.54) is 0 Å². The van der Waals surface area contributed by atoms with Crippen LogP contribution in [0, 0.1) is 5.92 Å². The number of alkyl carbamates (subject to hydrolysis) is 1. The molecule has 1 atom stereocenters. The number of hydrogen-bond acceptors (Lipinski definition) is 4. The minimum atomic E-state index is -0.508. The van der Waals surface area contributed by atoms with Crippen LogP contribution in [0.2, 0.25) is 0 Å². The van der Waals surface area contributed by atoms with Gasteiger partial charge in [-0.15, -0.1) is 0 Å². The van der Waals surface area contributed by atoms with Crippen molar-refractivity contribution in [3.05, 3.63) is 0 Å². The number of hydrogen-bond donors (Lipinski definition) is 3. The van der Waals surface area contributed by atoms with E-state index in [1.807, 2.05) is 34.6 Å². The normalized spacial score (nSPS) is 13.5. The van der Waals surface area contributed by atoms with E-state index in [0.717, 1.165) is 38.7 Å². The molecule has 0 saturated carbocycles. The first-order chi connectivity index (χ1) is 11.7. The van der Waals surface area contributed by atoms with Crippen molar-refractivity contribution in [1.29, 1.82) is 0 Å². The molecule has 0 aromatic heterocycles. The van der Waals surface area contributed by atoms with Crippen molar-refractivity contribution in [2.24, 2.45) is 10.9 Å². The van der Waals surface area contributed by atoms with Crippen LogP contribution in [-0.4, -0.2) is 56.5 Å². The first-order valence-corrected chi connectivity index (χ1v) is 9.29. The Morgan fingerprint density at radius 3 is 2.36 bits per heavy atom. The SMILES string of the molecule is CCNC(=NCC(NC(=O)OC(C)(C)C)C(C)C)NCCCOCC. The van der Waals surface area contributed by atoms with Gasteiger partial charge >= 0.3 is 6.09 Å². The third kappa shape index (κ3) is 13.5. The molecule has 0 aliphatic carbocycles. The van der Waals surface area contributed by atoms with E-state index in [1.54, 1.807) is 0 Å². The molecule has 7 nitrogen and oxygen atoms in total. The monoisotopic (exact) mass is 358 g/mol. The number of carbonyl (C=O) groups is 1. The van der Waals surface area contributed by atoms with Crippen molar-refractivity contribution in [3.8, 4) is 0 Å². The molecule has 148 valence electrons. The summed E-state index contributed by atoms with van der Waals surface area (Å²) in [4.78, 5) is 16.6. The summed E-state index contributed by atoms with van der Waals surface area (Å²) in [7, 11) is 0. The van der Waals surface area contributed by atoms with Gasteiger partial charge in [-0.05, 0) is 47.0 Å². The molecule has 0 aliphatic heterocycles. The molecule has 0 spiro atoms. The van der Waals surface area contributed by atoms with Crippen LogP contribution in [-0.2, 0) is 9.47 Å². The van der Waals surface area contributed by atoms with Crippen molar-refractivity contribution in [2.75, 3.05) is 32.8 Å². The quantitative estimate of drug-likeness (QED) is 0.317. The van der Waals surface area contributed by atoms with Gasteiger partial charge < -0.3 is 25.4 Å². The van der Waals surface area contributed by atoms with E-state index >= 15 is 0 Å². The molecule has 25 heavy (non-hydrogen) atoms. The van der Waals surface area contributed by atoms with Gasteiger partial charge in [-0.3, -0.25) is 4.99 Å². The summed E-state index contributed by atoms with van der Waals surface area (Å²) in [6.45, 7) is 17.2. The fraction of sp³-hybridized carbons (Fsp3) is 0.889. The molecule has 0 aliphatic rings. The van der Waals surface area contributed by atoms with Crippen molar-refractivity contribution < 1.29 is 14.3 Å². The Kier molecular flexibility index (Phi) is 12.0. The Morgan fingerprint density at radius 1 is 1.16 bits per heavy atom. The predicted molar refractivity (Wildman–Crippen MR) is 103 cm³/mol. The van der Waals surface area contributed by atoms with Crippen molar-refractivity contribution >= 4 is 12.1 Å². The third-order valence-corrected chi connectivity index (χ3v) is 3.26. The lowest BCUT2D eigenvalue weighted by molar-refractivity contribution is 0.0493.